The van der Waals surface area contributed by atoms with Gasteiger partial charge >= 0.3 is 6.09 Å². The number of rotatable bonds is 1. The van der Waals surface area contributed by atoms with E-state index in [-0.39, 0.29) is 5.91 Å². The third-order valence-electron chi connectivity index (χ3n) is 4.65. The van der Waals surface area contributed by atoms with E-state index in [1.165, 1.54) is 4.90 Å². The minimum atomic E-state index is -1.05. The molecule has 2 unspecified atom stereocenters. The molecule has 2 heterocycles. The summed E-state index contributed by atoms with van der Waals surface area (Å²) in [6.45, 7) is 5.75. The number of carbonyl (C=O) groups is 2. The first kappa shape index (κ1) is 14.9. The normalized spacial score (nSPS) is 27.6. The van der Waals surface area contributed by atoms with Crippen LogP contribution < -0.4 is 4.90 Å². The Balaban J connectivity index is 1.85. The van der Waals surface area contributed by atoms with E-state index in [0.717, 1.165) is 25.1 Å². The molecule has 5 nitrogen and oxygen atoms in total. The molecule has 2 aliphatic rings. The predicted octanol–water partition coefficient (Wildman–Crippen LogP) is 2.60. The van der Waals surface area contributed by atoms with E-state index in [0.29, 0.717) is 23.9 Å². The largest absolute Gasteiger partial charge is 0.465 e. The minimum absolute atomic E-state index is 0.0583. The topological polar surface area (TPSA) is 60.9 Å². The zero-order valence-electron chi connectivity index (χ0n) is 13.0. The highest BCUT2D eigenvalue weighted by atomic mass is 16.4. The van der Waals surface area contributed by atoms with Crippen LogP contribution in [-0.4, -0.2) is 41.1 Å². The van der Waals surface area contributed by atoms with Crippen LogP contribution in [0.5, 0.6) is 0 Å². The molecular formula is C17H22N2O3. The van der Waals surface area contributed by atoms with Gasteiger partial charge in [-0.05, 0) is 29.9 Å². The van der Waals surface area contributed by atoms with Gasteiger partial charge in [0.15, 0.2) is 0 Å². The fourth-order valence-electron chi connectivity index (χ4n) is 3.87. The van der Waals surface area contributed by atoms with Crippen molar-refractivity contribution in [2.45, 2.75) is 32.7 Å². The molecule has 0 radical (unpaired) electrons. The number of hydrogen-bond donors (Lipinski definition) is 1. The number of benzene rings is 1. The Labute approximate surface area is 130 Å². The van der Waals surface area contributed by atoms with Crippen molar-refractivity contribution in [3.63, 3.8) is 0 Å². The van der Waals surface area contributed by atoms with E-state index in [1.54, 1.807) is 6.07 Å². The summed E-state index contributed by atoms with van der Waals surface area (Å²) in [5.74, 6) is 0.876. The Morgan fingerprint density at radius 1 is 1.14 bits per heavy atom. The van der Waals surface area contributed by atoms with Gasteiger partial charge in [-0.1, -0.05) is 32.0 Å². The van der Waals surface area contributed by atoms with Gasteiger partial charge in [0.1, 0.15) is 6.04 Å². The second-order valence-electron chi connectivity index (χ2n) is 6.69. The quantitative estimate of drug-likeness (QED) is 0.867. The number of para-hydroxylation sites is 1. The maximum atomic E-state index is 12.9. The van der Waals surface area contributed by atoms with Crippen LogP contribution in [0.1, 0.15) is 25.8 Å². The Hall–Kier alpha value is -2.04. The second kappa shape index (κ2) is 5.63. The average molecular weight is 302 g/mol. The predicted molar refractivity (Wildman–Crippen MR) is 84.0 cm³/mol. The first-order chi connectivity index (χ1) is 10.5. The lowest BCUT2D eigenvalue weighted by atomic mass is 9.91. The van der Waals surface area contributed by atoms with Gasteiger partial charge in [-0.15, -0.1) is 0 Å². The maximum absolute atomic E-state index is 12.9. The molecular weight excluding hydrogens is 280 g/mol. The molecule has 3 rings (SSSR count). The number of carboxylic acid groups (broad SMARTS) is 1. The lowest BCUT2D eigenvalue weighted by Crippen LogP contribution is -2.52. The summed E-state index contributed by atoms with van der Waals surface area (Å²) in [5, 5.41) is 9.54. The molecule has 118 valence electrons. The molecule has 1 fully saturated rings. The van der Waals surface area contributed by atoms with Crippen molar-refractivity contribution in [2.24, 2.45) is 11.8 Å². The SMILES string of the molecule is CC1CC(C)CN(C(=O)[C@@H]2Cc3ccccc3N2C(=O)O)C1. The summed E-state index contributed by atoms with van der Waals surface area (Å²) in [7, 11) is 0. The highest BCUT2D eigenvalue weighted by Crippen LogP contribution is 2.33. The average Bonchev–Trinajstić information content (AvgIpc) is 2.84. The number of piperidine rings is 1. The van der Waals surface area contributed by atoms with Crippen LogP contribution in [0.4, 0.5) is 10.5 Å². The molecule has 1 N–H and O–H groups in total. The van der Waals surface area contributed by atoms with Crippen molar-refractivity contribution in [1.82, 2.24) is 4.90 Å². The number of carbonyl (C=O) groups excluding carboxylic acids is 1. The van der Waals surface area contributed by atoms with Crippen LogP contribution in [0, 0.1) is 11.8 Å². The Kier molecular flexibility index (Phi) is 3.81. The number of hydrogen-bond acceptors (Lipinski definition) is 2. The molecule has 3 atom stereocenters. The van der Waals surface area contributed by atoms with Gasteiger partial charge in [-0.3, -0.25) is 9.69 Å². The fraction of sp³-hybridized carbons (Fsp3) is 0.529. The van der Waals surface area contributed by atoms with Gasteiger partial charge in [0.25, 0.3) is 0 Å². The number of likely N-dealkylation sites (tertiary alicyclic amines) is 1. The third-order valence-corrected chi connectivity index (χ3v) is 4.65. The van der Waals surface area contributed by atoms with E-state index in [4.69, 9.17) is 0 Å². The van der Waals surface area contributed by atoms with Crippen LogP contribution in [0.2, 0.25) is 0 Å². The summed E-state index contributed by atoms with van der Waals surface area (Å²) >= 11 is 0. The molecule has 1 aromatic rings. The molecule has 1 aromatic carbocycles. The smallest absolute Gasteiger partial charge is 0.412 e. The highest BCUT2D eigenvalue weighted by molar-refractivity contribution is 5.99. The van der Waals surface area contributed by atoms with Gasteiger partial charge in [0.2, 0.25) is 5.91 Å². The molecule has 5 heteroatoms. The minimum Gasteiger partial charge on any atom is -0.465 e. The zero-order valence-corrected chi connectivity index (χ0v) is 13.0. The molecule has 0 aromatic heterocycles. The lowest BCUT2D eigenvalue weighted by molar-refractivity contribution is -0.135. The van der Waals surface area contributed by atoms with Gasteiger partial charge < -0.3 is 10.0 Å². The Morgan fingerprint density at radius 3 is 2.41 bits per heavy atom. The molecule has 2 aliphatic heterocycles. The summed E-state index contributed by atoms with van der Waals surface area (Å²) in [6.07, 6.45) is 0.541. The van der Waals surface area contributed by atoms with Crippen LogP contribution in [0.25, 0.3) is 0 Å². The second-order valence-corrected chi connectivity index (χ2v) is 6.69. The van der Waals surface area contributed by atoms with Crippen molar-refractivity contribution in [3.05, 3.63) is 29.8 Å². The number of anilines is 1. The third kappa shape index (κ3) is 2.56. The molecule has 22 heavy (non-hydrogen) atoms. The molecule has 0 spiro atoms. The van der Waals surface area contributed by atoms with Gasteiger partial charge in [-0.25, -0.2) is 4.79 Å². The zero-order chi connectivity index (χ0) is 15.9. The van der Waals surface area contributed by atoms with E-state index >= 15 is 0 Å². The highest BCUT2D eigenvalue weighted by Gasteiger charge is 2.41. The Morgan fingerprint density at radius 2 is 1.77 bits per heavy atom. The van der Waals surface area contributed by atoms with Gasteiger partial charge in [-0.2, -0.15) is 0 Å². The molecule has 0 bridgehead atoms. The van der Waals surface area contributed by atoms with E-state index < -0.39 is 12.1 Å². The van der Waals surface area contributed by atoms with Crippen molar-refractivity contribution in [3.8, 4) is 0 Å². The fourth-order valence-corrected chi connectivity index (χ4v) is 3.87. The van der Waals surface area contributed by atoms with Crippen molar-refractivity contribution < 1.29 is 14.7 Å². The van der Waals surface area contributed by atoms with Crippen molar-refractivity contribution in [1.29, 1.82) is 0 Å². The van der Waals surface area contributed by atoms with Crippen LogP contribution >= 0.6 is 0 Å². The molecule has 2 amide bonds. The molecule has 0 aliphatic carbocycles. The number of fused-ring (bicyclic) bond motifs is 1. The summed E-state index contributed by atoms with van der Waals surface area (Å²) in [4.78, 5) is 27.6. The number of nitrogens with zero attached hydrogens (tertiary/aromatic N) is 2. The van der Waals surface area contributed by atoms with Crippen LogP contribution in [-0.2, 0) is 11.2 Å². The summed E-state index contributed by atoms with van der Waals surface area (Å²) in [6, 6.07) is 6.76. The Bertz CT molecular complexity index is 591. The van der Waals surface area contributed by atoms with Crippen molar-refractivity contribution >= 4 is 17.7 Å². The van der Waals surface area contributed by atoms with Crippen molar-refractivity contribution in [2.75, 3.05) is 18.0 Å². The molecule has 1 saturated heterocycles. The lowest BCUT2D eigenvalue weighted by Gasteiger charge is -2.37. The molecule has 0 saturated carbocycles. The van der Waals surface area contributed by atoms with Crippen LogP contribution in [0.15, 0.2) is 24.3 Å². The van der Waals surface area contributed by atoms with Crippen LogP contribution in [0.3, 0.4) is 0 Å². The first-order valence-corrected chi connectivity index (χ1v) is 7.86. The number of amides is 2. The van der Waals surface area contributed by atoms with Gasteiger partial charge in [0.05, 0.1) is 5.69 Å². The first-order valence-electron chi connectivity index (χ1n) is 7.86. The van der Waals surface area contributed by atoms with E-state index in [1.807, 2.05) is 23.1 Å². The summed E-state index contributed by atoms with van der Waals surface area (Å²) < 4.78 is 0. The van der Waals surface area contributed by atoms with E-state index in [9.17, 15) is 14.7 Å². The monoisotopic (exact) mass is 302 g/mol. The standard InChI is InChI=1S/C17H22N2O3/c1-11-7-12(2)10-18(9-11)16(20)15-8-13-5-3-4-6-14(13)19(15)17(21)22/h3-6,11-12,15H,7-10H2,1-2H3,(H,21,22)/t11?,12?,15-/m0/s1. The van der Waals surface area contributed by atoms with Gasteiger partial charge in [0, 0.05) is 19.5 Å². The van der Waals surface area contributed by atoms with E-state index in [2.05, 4.69) is 13.8 Å². The maximum Gasteiger partial charge on any atom is 0.412 e. The summed E-state index contributed by atoms with van der Waals surface area (Å²) in [5.41, 5.74) is 1.58.